The lowest BCUT2D eigenvalue weighted by atomic mass is 9.93. The van der Waals surface area contributed by atoms with E-state index in [0.29, 0.717) is 40.6 Å². The van der Waals surface area contributed by atoms with E-state index < -0.39 is 12.0 Å². The SMILES string of the molecule is CCOC(=O)C1=C(CN2CCCCC2)NC(=O)N[C@@H]1c1cc(OC)c(OC)cc1OC. The number of nitrogens with zero attached hydrogens (tertiary/aromatic N) is 1. The molecule has 1 aromatic rings. The maximum absolute atomic E-state index is 13.0. The Morgan fingerprint density at radius 2 is 1.68 bits per heavy atom. The van der Waals surface area contributed by atoms with Crippen molar-refractivity contribution in [3.63, 3.8) is 0 Å². The molecule has 1 atom stereocenters. The van der Waals surface area contributed by atoms with Gasteiger partial charge in [0.25, 0.3) is 0 Å². The molecule has 9 nitrogen and oxygen atoms in total. The van der Waals surface area contributed by atoms with Crippen LogP contribution in [0, 0.1) is 0 Å². The highest BCUT2D eigenvalue weighted by molar-refractivity contribution is 5.95. The molecule has 0 aliphatic carbocycles. The molecule has 31 heavy (non-hydrogen) atoms. The molecule has 0 radical (unpaired) electrons. The Morgan fingerprint density at radius 1 is 1.03 bits per heavy atom. The van der Waals surface area contributed by atoms with Crippen LogP contribution in [-0.2, 0) is 9.53 Å². The van der Waals surface area contributed by atoms with Gasteiger partial charge in [-0.05, 0) is 38.9 Å². The number of hydrogen-bond acceptors (Lipinski definition) is 7. The summed E-state index contributed by atoms with van der Waals surface area (Å²) in [5.74, 6) is 0.929. The molecule has 0 unspecified atom stereocenters. The number of urea groups is 1. The lowest BCUT2D eigenvalue weighted by molar-refractivity contribution is -0.139. The Labute approximate surface area is 182 Å². The van der Waals surface area contributed by atoms with E-state index in [1.54, 1.807) is 19.1 Å². The summed E-state index contributed by atoms with van der Waals surface area (Å²) in [6.45, 7) is 4.29. The van der Waals surface area contributed by atoms with Gasteiger partial charge >= 0.3 is 12.0 Å². The molecule has 0 bridgehead atoms. The Hall–Kier alpha value is -2.94. The van der Waals surface area contributed by atoms with Crippen LogP contribution in [0.15, 0.2) is 23.4 Å². The molecular weight excluding hydrogens is 402 g/mol. The number of likely N-dealkylation sites (tertiary alicyclic amines) is 1. The Balaban J connectivity index is 2.10. The van der Waals surface area contributed by atoms with Crippen LogP contribution in [0.25, 0.3) is 0 Å². The third-order valence-electron chi connectivity index (χ3n) is 5.53. The molecule has 2 aliphatic heterocycles. The van der Waals surface area contributed by atoms with Crippen molar-refractivity contribution in [2.75, 3.05) is 47.6 Å². The van der Waals surface area contributed by atoms with Gasteiger partial charge in [-0.2, -0.15) is 0 Å². The number of hydrogen-bond donors (Lipinski definition) is 2. The molecule has 2 aliphatic rings. The molecule has 1 saturated heterocycles. The van der Waals surface area contributed by atoms with Crippen LogP contribution >= 0.6 is 0 Å². The van der Waals surface area contributed by atoms with Crippen LogP contribution in [0.4, 0.5) is 4.79 Å². The molecule has 1 fully saturated rings. The summed E-state index contributed by atoms with van der Waals surface area (Å²) in [4.78, 5) is 27.9. The predicted molar refractivity (Wildman–Crippen MR) is 114 cm³/mol. The number of ether oxygens (including phenoxy) is 4. The van der Waals surface area contributed by atoms with Crippen molar-refractivity contribution >= 4 is 12.0 Å². The third kappa shape index (κ3) is 5.04. The van der Waals surface area contributed by atoms with E-state index in [1.807, 2.05) is 0 Å². The lowest BCUT2D eigenvalue weighted by Crippen LogP contribution is -2.49. The fraction of sp³-hybridized carbons (Fsp3) is 0.545. The first-order valence-corrected chi connectivity index (χ1v) is 10.5. The molecule has 0 spiro atoms. The summed E-state index contributed by atoms with van der Waals surface area (Å²) in [7, 11) is 4.58. The van der Waals surface area contributed by atoms with Crippen molar-refractivity contribution in [2.24, 2.45) is 0 Å². The number of rotatable bonds is 8. The zero-order chi connectivity index (χ0) is 22.4. The first-order valence-electron chi connectivity index (χ1n) is 10.5. The molecule has 1 aromatic carbocycles. The van der Waals surface area contributed by atoms with Gasteiger partial charge < -0.3 is 29.6 Å². The standard InChI is InChI=1S/C22H31N3O6/c1-5-31-21(26)19-15(13-25-9-7-6-8-10-25)23-22(27)24-20(19)14-11-17(29-3)18(30-4)12-16(14)28-2/h11-12,20H,5-10,13H2,1-4H3,(H2,23,24,27)/t20-/m1/s1. The first kappa shape index (κ1) is 22.7. The van der Waals surface area contributed by atoms with E-state index in [9.17, 15) is 9.59 Å². The zero-order valence-electron chi connectivity index (χ0n) is 18.6. The number of esters is 1. The van der Waals surface area contributed by atoms with E-state index in [2.05, 4.69) is 15.5 Å². The van der Waals surface area contributed by atoms with Crippen LogP contribution in [-0.4, -0.2) is 64.5 Å². The Bertz CT molecular complexity index is 848. The normalized spacial score (nSPS) is 19.4. The van der Waals surface area contributed by atoms with Gasteiger partial charge in [-0.3, -0.25) is 4.90 Å². The van der Waals surface area contributed by atoms with E-state index in [1.165, 1.54) is 27.8 Å². The van der Waals surface area contributed by atoms with Crippen molar-refractivity contribution in [1.29, 1.82) is 0 Å². The van der Waals surface area contributed by atoms with Crippen LogP contribution in [0.1, 0.15) is 37.8 Å². The fourth-order valence-electron chi connectivity index (χ4n) is 4.05. The van der Waals surface area contributed by atoms with E-state index in [4.69, 9.17) is 18.9 Å². The quantitative estimate of drug-likeness (QED) is 0.608. The summed E-state index contributed by atoms with van der Waals surface area (Å²) >= 11 is 0. The van der Waals surface area contributed by atoms with Crippen LogP contribution in [0.5, 0.6) is 17.2 Å². The highest BCUT2D eigenvalue weighted by Crippen LogP contribution is 2.41. The number of amides is 2. The van der Waals surface area contributed by atoms with Gasteiger partial charge in [0.1, 0.15) is 5.75 Å². The maximum Gasteiger partial charge on any atom is 0.338 e. The molecule has 9 heteroatoms. The van der Waals surface area contributed by atoms with Crippen molar-refractivity contribution < 1.29 is 28.5 Å². The molecule has 170 valence electrons. The average Bonchev–Trinajstić information content (AvgIpc) is 2.78. The van der Waals surface area contributed by atoms with Crippen molar-refractivity contribution in [1.82, 2.24) is 15.5 Å². The number of carbonyl (C=O) groups excluding carboxylic acids is 2. The molecule has 2 amide bonds. The van der Waals surface area contributed by atoms with Gasteiger partial charge in [-0.1, -0.05) is 6.42 Å². The number of carbonyl (C=O) groups is 2. The van der Waals surface area contributed by atoms with E-state index in [0.717, 1.165) is 25.9 Å². The first-order chi connectivity index (χ1) is 15.0. The van der Waals surface area contributed by atoms with Crippen molar-refractivity contribution in [3.8, 4) is 17.2 Å². The van der Waals surface area contributed by atoms with Crippen molar-refractivity contribution in [2.45, 2.75) is 32.2 Å². The van der Waals surface area contributed by atoms with Gasteiger partial charge in [-0.15, -0.1) is 0 Å². The van der Waals surface area contributed by atoms with Gasteiger partial charge in [0, 0.05) is 23.9 Å². The number of nitrogens with one attached hydrogen (secondary N) is 2. The van der Waals surface area contributed by atoms with Gasteiger partial charge in [0.15, 0.2) is 11.5 Å². The Morgan fingerprint density at radius 3 is 2.29 bits per heavy atom. The molecule has 0 aromatic heterocycles. The molecule has 2 N–H and O–H groups in total. The number of methoxy groups -OCH3 is 3. The van der Waals surface area contributed by atoms with E-state index >= 15 is 0 Å². The summed E-state index contributed by atoms with van der Waals surface area (Å²) < 4.78 is 21.7. The van der Waals surface area contributed by atoms with Gasteiger partial charge in [0.2, 0.25) is 0 Å². The van der Waals surface area contributed by atoms with E-state index in [-0.39, 0.29) is 12.6 Å². The minimum Gasteiger partial charge on any atom is -0.496 e. The second kappa shape index (κ2) is 10.4. The lowest BCUT2D eigenvalue weighted by Gasteiger charge is -2.34. The van der Waals surface area contributed by atoms with Crippen molar-refractivity contribution in [3.05, 3.63) is 29.0 Å². The minimum atomic E-state index is -0.762. The zero-order valence-corrected chi connectivity index (χ0v) is 18.6. The van der Waals surface area contributed by atoms with Crippen LogP contribution in [0.3, 0.4) is 0 Å². The average molecular weight is 434 g/mol. The monoisotopic (exact) mass is 433 g/mol. The summed E-state index contributed by atoms with van der Waals surface area (Å²) in [5.41, 5.74) is 1.48. The highest BCUT2D eigenvalue weighted by Gasteiger charge is 2.36. The predicted octanol–water partition coefficient (Wildman–Crippen LogP) is 2.37. The number of piperidine rings is 1. The molecular formula is C22H31N3O6. The fourth-order valence-corrected chi connectivity index (χ4v) is 4.05. The Kier molecular flexibility index (Phi) is 7.62. The van der Waals surface area contributed by atoms with Gasteiger partial charge in [0.05, 0.1) is 39.6 Å². The molecule has 3 rings (SSSR count). The third-order valence-corrected chi connectivity index (χ3v) is 5.53. The second-order valence-electron chi connectivity index (χ2n) is 7.43. The highest BCUT2D eigenvalue weighted by atomic mass is 16.5. The summed E-state index contributed by atoms with van der Waals surface area (Å²) in [6.07, 6.45) is 3.39. The van der Waals surface area contributed by atoms with Crippen LogP contribution in [0.2, 0.25) is 0 Å². The largest absolute Gasteiger partial charge is 0.496 e. The number of benzene rings is 1. The summed E-state index contributed by atoms with van der Waals surface area (Å²) in [5, 5.41) is 5.68. The molecule has 0 saturated carbocycles. The topological polar surface area (TPSA) is 98.4 Å². The molecule has 2 heterocycles. The minimum absolute atomic E-state index is 0.225. The van der Waals surface area contributed by atoms with Gasteiger partial charge in [-0.25, -0.2) is 9.59 Å². The van der Waals surface area contributed by atoms with Crippen LogP contribution < -0.4 is 24.8 Å². The smallest absolute Gasteiger partial charge is 0.338 e. The summed E-state index contributed by atoms with van der Waals surface area (Å²) in [6, 6.07) is 2.24. The maximum atomic E-state index is 13.0. The second-order valence-corrected chi connectivity index (χ2v) is 7.43.